The molecule has 0 aromatic heterocycles. The van der Waals surface area contributed by atoms with E-state index in [2.05, 4.69) is 13.0 Å². The largest absolute Gasteiger partial charge is 0.355 e. The van der Waals surface area contributed by atoms with Gasteiger partial charge < -0.3 is 9.47 Å². The van der Waals surface area contributed by atoms with E-state index in [4.69, 9.17) is 9.47 Å². The van der Waals surface area contributed by atoms with Crippen molar-refractivity contribution in [2.24, 2.45) is 17.3 Å². The van der Waals surface area contributed by atoms with Crippen molar-refractivity contribution < 1.29 is 14.3 Å². The monoisotopic (exact) mass is 208 g/mol. The summed E-state index contributed by atoms with van der Waals surface area (Å²) in [5, 5.41) is 0. The Labute approximate surface area is 89.4 Å². The van der Waals surface area contributed by atoms with Gasteiger partial charge in [-0.25, -0.2) is 0 Å². The predicted octanol–water partition coefficient (Wildman–Crippen LogP) is 1.53. The third kappa shape index (κ3) is 1.05. The van der Waals surface area contributed by atoms with E-state index in [1.165, 1.54) is 5.57 Å². The van der Waals surface area contributed by atoms with Gasteiger partial charge in [0.2, 0.25) is 0 Å². The minimum absolute atomic E-state index is 0.0500. The number of allylic oxidation sites excluding steroid dienone is 1. The molecule has 3 rings (SSSR count). The fourth-order valence-electron chi connectivity index (χ4n) is 3.57. The summed E-state index contributed by atoms with van der Waals surface area (Å²) in [6.45, 7) is 2.86. The quantitative estimate of drug-likeness (QED) is 0.613. The number of hydrogen-bond acceptors (Lipinski definition) is 3. The summed E-state index contributed by atoms with van der Waals surface area (Å²) in [6.07, 6.45) is 3.52. The summed E-state index contributed by atoms with van der Waals surface area (Å²) in [5.74, 6) is 1.25. The Morgan fingerprint density at radius 1 is 1.53 bits per heavy atom. The molecule has 1 unspecified atom stereocenters. The summed E-state index contributed by atoms with van der Waals surface area (Å²) in [7, 11) is 1.68. The normalized spacial score (nSPS) is 48.0. The van der Waals surface area contributed by atoms with E-state index in [0.29, 0.717) is 30.6 Å². The fourth-order valence-corrected chi connectivity index (χ4v) is 3.57. The Bertz CT molecular complexity index is 347. The molecule has 1 heterocycles. The minimum atomic E-state index is -0.162. The van der Waals surface area contributed by atoms with Gasteiger partial charge in [-0.2, -0.15) is 0 Å². The van der Waals surface area contributed by atoms with Crippen molar-refractivity contribution >= 4 is 5.78 Å². The van der Waals surface area contributed by atoms with E-state index >= 15 is 0 Å². The van der Waals surface area contributed by atoms with Crippen LogP contribution in [-0.2, 0) is 14.3 Å². The molecule has 0 spiro atoms. The number of ether oxygens (including phenoxy) is 2. The molecule has 0 bridgehead atoms. The van der Waals surface area contributed by atoms with Gasteiger partial charge in [0.05, 0.1) is 6.61 Å². The van der Waals surface area contributed by atoms with Crippen molar-refractivity contribution in [3.63, 3.8) is 0 Å². The number of Topliss-reactive ketones (excluding diaryl/α,β-unsaturated/α-hetero) is 1. The molecular formula is C12H16O3. The first-order valence-electron chi connectivity index (χ1n) is 5.53. The van der Waals surface area contributed by atoms with Crippen LogP contribution >= 0.6 is 0 Å². The van der Waals surface area contributed by atoms with Crippen molar-refractivity contribution in [2.45, 2.75) is 26.1 Å². The standard InChI is InChI=1S/C12H16O3/c1-12-8(6-15-11(12)14-2)3-7-4-9(13)5-10(7)12/h3,7,10-11H,4-6H2,1-2H3/t7-,10+,11?,12+/m0/s1. The van der Waals surface area contributed by atoms with E-state index in [1.54, 1.807) is 7.11 Å². The van der Waals surface area contributed by atoms with Crippen molar-refractivity contribution in [1.82, 2.24) is 0 Å². The van der Waals surface area contributed by atoms with Gasteiger partial charge in [-0.1, -0.05) is 13.0 Å². The second-order valence-corrected chi connectivity index (χ2v) is 5.07. The molecule has 4 atom stereocenters. The second-order valence-electron chi connectivity index (χ2n) is 5.07. The molecule has 1 saturated heterocycles. The van der Waals surface area contributed by atoms with Crippen molar-refractivity contribution in [1.29, 1.82) is 0 Å². The Kier molecular flexibility index (Phi) is 1.86. The molecule has 2 fully saturated rings. The van der Waals surface area contributed by atoms with E-state index < -0.39 is 0 Å². The lowest BCUT2D eigenvalue weighted by Gasteiger charge is -2.33. The molecule has 15 heavy (non-hydrogen) atoms. The topological polar surface area (TPSA) is 35.5 Å². The highest BCUT2D eigenvalue weighted by Gasteiger charge is 2.58. The number of ketones is 1. The predicted molar refractivity (Wildman–Crippen MR) is 54.2 cm³/mol. The Morgan fingerprint density at radius 3 is 3.07 bits per heavy atom. The van der Waals surface area contributed by atoms with Crippen LogP contribution in [0.1, 0.15) is 19.8 Å². The van der Waals surface area contributed by atoms with Crippen LogP contribution in [0.25, 0.3) is 0 Å². The minimum Gasteiger partial charge on any atom is -0.355 e. The first-order chi connectivity index (χ1) is 7.16. The number of hydrogen-bond donors (Lipinski definition) is 0. The lowest BCUT2D eigenvalue weighted by molar-refractivity contribution is -0.150. The summed E-state index contributed by atoms with van der Waals surface area (Å²) in [4.78, 5) is 11.5. The number of rotatable bonds is 1. The van der Waals surface area contributed by atoms with Crippen molar-refractivity contribution in [2.75, 3.05) is 13.7 Å². The van der Waals surface area contributed by atoms with Gasteiger partial charge in [-0.3, -0.25) is 4.79 Å². The number of carbonyl (C=O) groups excluding carboxylic acids is 1. The number of fused-ring (bicyclic) bond motifs is 3. The maximum atomic E-state index is 11.5. The summed E-state index contributed by atoms with van der Waals surface area (Å²) >= 11 is 0. The number of carbonyl (C=O) groups is 1. The molecule has 3 heteroatoms. The Hall–Kier alpha value is -0.670. The van der Waals surface area contributed by atoms with E-state index in [9.17, 15) is 4.79 Å². The van der Waals surface area contributed by atoms with Gasteiger partial charge >= 0.3 is 0 Å². The van der Waals surface area contributed by atoms with E-state index in [0.717, 1.165) is 6.42 Å². The highest BCUT2D eigenvalue weighted by molar-refractivity contribution is 5.82. The van der Waals surface area contributed by atoms with Crippen LogP contribution in [0.2, 0.25) is 0 Å². The average Bonchev–Trinajstić information content (AvgIpc) is 2.76. The first kappa shape index (κ1) is 9.55. The van der Waals surface area contributed by atoms with Crippen molar-refractivity contribution in [3.05, 3.63) is 11.6 Å². The molecule has 2 aliphatic carbocycles. The third-order valence-electron chi connectivity index (χ3n) is 4.40. The van der Waals surface area contributed by atoms with Gasteiger partial charge in [0.25, 0.3) is 0 Å². The van der Waals surface area contributed by atoms with Crippen molar-refractivity contribution in [3.8, 4) is 0 Å². The van der Waals surface area contributed by atoms with Crippen LogP contribution < -0.4 is 0 Å². The molecule has 0 radical (unpaired) electrons. The fraction of sp³-hybridized carbons (Fsp3) is 0.750. The molecule has 3 nitrogen and oxygen atoms in total. The van der Waals surface area contributed by atoms with Crippen LogP contribution in [0.3, 0.4) is 0 Å². The second kappa shape index (κ2) is 2.92. The summed E-state index contributed by atoms with van der Waals surface area (Å²) < 4.78 is 11.0. The average molecular weight is 208 g/mol. The highest BCUT2D eigenvalue weighted by Crippen LogP contribution is 2.58. The SMILES string of the molecule is COC1OCC2=C[C@H]3CC(=O)C[C@H]3[C@@]21C. The maximum absolute atomic E-state index is 11.5. The lowest BCUT2D eigenvalue weighted by atomic mass is 9.74. The Morgan fingerprint density at radius 2 is 2.33 bits per heavy atom. The van der Waals surface area contributed by atoms with Gasteiger partial charge in [0.15, 0.2) is 6.29 Å². The molecule has 1 saturated carbocycles. The van der Waals surface area contributed by atoms with Crippen LogP contribution in [-0.4, -0.2) is 25.8 Å². The lowest BCUT2D eigenvalue weighted by Crippen LogP contribution is -2.36. The first-order valence-corrected chi connectivity index (χ1v) is 5.53. The zero-order valence-corrected chi connectivity index (χ0v) is 9.16. The van der Waals surface area contributed by atoms with Gasteiger partial charge in [0.1, 0.15) is 5.78 Å². The highest BCUT2D eigenvalue weighted by atomic mass is 16.7. The van der Waals surface area contributed by atoms with Crippen LogP contribution in [0, 0.1) is 17.3 Å². The van der Waals surface area contributed by atoms with Crippen LogP contribution in [0.5, 0.6) is 0 Å². The smallest absolute Gasteiger partial charge is 0.166 e. The summed E-state index contributed by atoms with van der Waals surface area (Å²) in [6, 6.07) is 0. The molecule has 1 aliphatic heterocycles. The van der Waals surface area contributed by atoms with Crippen LogP contribution in [0.15, 0.2) is 11.6 Å². The summed E-state index contributed by atoms with van der Waals surface area (Å²) in [5.41, 5.74) is 1.29. The zero-order chi connectivity index (χ0) is 10.6. The van der Waals surface area contributed by atoms with Gasteiger partial charge in [-0.15, -0.1) is 0 Å². The molecule has 0 aromatic carbocycles. The third-order valence-corrected chi connectivity index (χ3v) is 4.40. The maximum Gasteiger partial charge on any atom is 0.166 e. The molecule has 0 aromatic rings. The molecule has 0 N–H and O–H groups in total. The molecule has 0 amide bonds. The van der Waals surface area contributed by atoms with E-state index in [1.807, 2.05) is 0 Å². The van der Waals surface area contributed by atoms with Crippen LogP contribution in [0.4, 0.5) is 0 Å². The van der Waals surface area contributed by atoms with Gasteiger partial charge in [-0.05, 0) is 17.4 Å². The van der Waals surface area contributed by atoms with E-state index in [-0.39, 0.29) is 11.7 Å². The Balaban J connectivity index is 1.99. The zero-order valence-electron chi connectivity index (χ0n) is 9.16. The molecule has 82 valence electrons. The molecular weight excluding hydrogens is 192 g/mol. The number of methoxy groups -OCH3 is 1. The molecule has 3 aliphatic rings. The van der Waals surface area contributed by atoms with Gasteiger partial charge in [0, 0.05) is 25.4 Å².